The van der Waals surface area contributed by atoms with Crippen LogP contribution in [0.15, 0.2) is 37.1 Å². The van der Waals surface area contributed by atoms with Gasteiger partial charge in [-0.3, -0.25) is 0 Å². The molecule has 1 rings (SSSR count). The second kappa shape index (κ2) is 4.04. The van der Waals surface area contributed by atoms with Gasteiger partial charge in [-0.25, -0.2) is 0 Å². The zero-order valence-electron chi connectivity index (χ0n) is 6.09. The van der Waals surface area contributed by atoms with Crippen molar-refractivity contribution in [3.63, 3.8) is 0 Å². The molecule has 0 radical (unpaired) electrons. The lowest BCUT2D eigenvalue weighted by Crippen LogP contribution is -1.81. The molecule has 1 nitrogen and oxygen atoms in total. The molecular formula is C9H9ClO. The van der Waals surface area contributed by atoms with Crippen molar-refractivity contribution >= 4 is 11.6 Å². The summed E-state index contributed by atoms with van der Waals surface area (Å²) < 4.78 is 5.03. The van der Waals surface area contributed by atoms with E-state index in [0.717, 1.165) is 11.3 Å². The van der Waals surface area contributed by atoms with Crippen molar-refractivity contribution in [1.82, 2.24) is 0 Å². The van der Waals surface area contributed by atoms with E-state index in [4.69, 9.17) is 16.3 Å². The van der Waals surface area contributed by atoms with Gasteiger partial charge in [0.1, 0.15) is 5.75 Å². The normalized spacial score (nSPS) is 9.18. The van der Waals surface area contributed by atoms with E-state index in [1.54, 1.807) is 0 Å². The second-order valence-electron chi connectivity index (χ2n) is 2.06. The Morgan fingerprint density at radius 3 is 2.45 bits per heavy atom. The third-order valence-electron chi connectivity index (χ3n) is 1.30. The number of alkyl halides is 1. The van der Waals surface area contributed by atoms with Gasteiger partial charge in [-0.15, -0.1) is 11.6 Å². The van der Waals surface area contributed by atoms with Gasteiger partial charge >= 0.3 is 0 Å². The Hall–Kier alpha value is -0.950. The van der Waals surface area contributed by atoms with E-state index in [0.29, 0.717) is 5.88 Å². The molecule has 0 saturated carbocycles. The highest BCUT2D eigenvalue weighted by Crippen LogP contribution is 2.13. The molecule has 0 aromatic heterocycles. The summed E-state index contributed by atoms with van der Waals surface area (Å²) in [7, 11) is 0. The van der Waals surface area contributed by atoms with E-state index >= 15 is 0 Å². The van der Waals surface area contributed by atoms with Gasteiger partial charge in [0.15, 0.2) is 0 Å². The van der Waals surface area contributed by atoms with E-state index in [-0.39, 0.29) is 0 Å². The van der Waals surface area contributed by atoms with Crippen molar-refractivity contribution < 1.29 is 4.74 Å². The minimum Gasteiger partial charge on any atom is -0.466 e. The van der Waals surface area contributed by atoms with Gasteiger partial charge in [0, 0.05) is 5.88 Å². The molecule has 1 aromatic carbocycles. The maximum absolute atomic E-state index is 5.60. The Morgan fingerprint density at radius 2 is 2.00 bits per heavy atom. The molecule has 2 heteroatoms. The molecule has 0 aliphatic carbocycles. The minimum absolute atomic E-state index is 0.536. The number of rotatable bonds is 3. The minimum atomic E-state index is 0.536. The summed E-state index contributed by atoms with van der Waals surface area (Å²) in [6, 6.07) is 7.57. The molecule has 0 atom stereocenters. The molecular weight excluding hydrogens is 160 g/mol. The van der Waals surface area contributed by atoms with Crippen LogP contribution in [0.5, 0.6) is 5.75 Å². The summed E-state index contributed by atoms with van der Waals surface area (Å²) in [4.78, 5) is 0. The Kier molecular flexibility index (Phi) is 2.99. The smallest absolute Gasteiger partial charge is 0.126 e. The maximum atomic E-state index is 5.60. The summed E-state index contributed by atoms with van der Waals surface area (Å²) in [6.07, 6.45) is 1.40. The summed E-state index contributed by atoms with van der Waals surface area (Å²) in [5.74, 6) is 1.32. The van der Waals surface area contributed by atoms with Gasteiger partial charge in [0.05, 0.1) is 6.26 Å². The van der Waals surface area contributed by atoms with Crippen molar-refractivity contribution in [2.75, 3.05) is 0 Å². The van der Waals surface area contributed by atoms with Gasteiger partial charge in [0.2, 0.25) is 0 Å². The van der Waals surface area contributed by atoms with Crippen LogP contribution >= 0.6 is 11.6 Å². The van der Waals surface area contributed by atoms with Gasteiger partial charge < -0.3 is 4.74 Å². The topological polar surface area (TPSA) is 9.23 Å². The van der Waals surface area contributed by atoms with Crippen molar-refractivity contribution in [2.45, 2.75) is 5.88 Å². The zero-order valence-corrected chi connectivity index (χ0v) is 6.84. The fourth-order valence-electron chi connectivity index (χ4n) is 0.753. The van der Waals surface area contributed by atoms with Crippen molar-refractivity contribution in [3.05, 3.63) is 42.7 Å². The van der Waals surface area contributed by atoms with Gasteiger partial charge in [-0.05, 0) is 17.7 Å². The molecule has 1 aromatic rings. The molecule has 0 saturated heterocycles. The van der Waals surface area contributed by atoms with Crippen LogP contribution in [0.1, 0.15) is 5.56 Å². The molecule has 0 aliphatic heterocycles. The largest absolute Gasteiger partial charge is 0.466 e. The fourth-order valence-corrected chi connectivity index (χ4v) is 0.932. The van der Waals surface area contributed by atoms with Gasteiger partial charge in [-0.1, -0.05) is 18.7 Å². The number of ether oxygens (including phenoxy) is 1. The summed E-state index contributed by atoms with van der Waals surface area (Å²) >= 11 is 5.60. The van der Waals surface area contributed by atoms with E-state index < -0.39 is 0 Å². The average molecular weight is 169 g/mol. The van der Waals surface area contributed by atoms with Crippen LogP contribution < -0.4 is 4.74 Å². The molecule has 11 heavy (non-hydrogen) atoms. The molecule has 0 bridgehead atoms. The molecule has 0 spiro atoms. The lowest BCUT2D eigenvalue weighted by molar-refractivity contribution is 0.483. The fraction of sp³-hybridized carbons (Fsp3) is 0.111. The summed E-state index contributed by atoms with van der Waals surface area (Å²) in [5.41, 5.74) is 1.09. The third-order valence-corrected chi connectivity index (χ3v) is 1.61. The predicted octanol–water partition coefficient (Wildman–Crippen LogP) is 2.95. The highest BCUT2D eigenvalue weighted by atomic mass is 35.5. The molecule has 0 heterocycles. The van der Waals surface area contributed by atoms with E-state index in [9.17, 15) is 0 Å². The third kappa shape index (κ3) is 2.28. The van der Waals surface area contributed by atoms with Gasteiger partial charge in [-0.2, -0.15) is 0 Å². The first-order valence-electron chi connectivity index (χ1n) is 3.29. The zero-order chi connectivity index (χ0) is 8.10. The predicted molar refractivity (Wildman–Crippen MR) is 46.8 cm³/mol. The number of hydrogen-bond acceptors (Lipinski definition) is 1. The Balaban J connectivity index is 2.74. The first-order chi connectivity index (χ1) is 5.36. The SMILES string of the molecule is C=COc1ccc(CCl)cc1. The maximum Gasteiger partial charge on any atom is 0.126 e. The van der Waals surface area contributed by atoms with Crippen LogP contribution in [-0.4, -0.2) is 0 Å². The lowest BCUT2D eigenvalue weighted by atomic mass is 10.2. The number of halogens is 1. The monoisotopic (exact) mass is 168 g/mol. The standard InChI is InChI=1S/C9H9ClO/c1-2-11-9-5-3-8(7-10)4-6-9/h2-6H,1,7H2. The van der Waals surface area contributed by atoms with E-state index in [2.05, 4.69) is 6.58 Å². The van der Waals surface area contributed by atoms with Crippen LogP contribution in [0.25, 0.3) is 0 Å². The molecule has 0 aliphatic rings. The van der Waals surface area contributed by atoms with Crippen LogP contribution in [0, 0.1) is 0 Å². The first kappa shape index (κ1) is 8.15. The Morgan fingerprint density at radius 1 is 1.36 bits per heavy atom. The van der Waals surface area contributed by atoms with Crippen LogP contribution in [0.2, 0.25) is 0 Å². The van der Waals surface area contributed by atoms with Crippen LogP contribution in [-0.2, 0) is 5.88 Å². The Bertz CT molecular complexity index is 228. The van der Waals surface area contributed by atoms with Crippen molar-refractivity contribution in [1.29, 1.82) is 0 Å². The van der Waals surface area contributed by atoms with Crippen molar-refractivity contribution in [3.8, 4) is 5.75 Å². The number of benzene rings is 1. The molecule has 0 unspecified atom stereocenters. The van der Waals surface area contributed by atoms with E-state index in [1.807, 2.05) is 24.3 Å². The molecule has 0 amide bonds. The first-order valence-corrected chi connectivity index (χ1v) is 3.82. The molecule has 0 fully saturated rings. The summed E-state index contributed by atoms with van der Waals surface area (Å²) in [6.45, 7) is 3.45. The highest BCUT2D eigenvalue weighted by molar-refractivity contribution is 6.17. The molecule has 58 valence electrons. The van der Waals surface area contributed by atoms with Crippen LogP contribution in [0.4, 0.5) is 0 Å². The second-order valence-corrected chi connectivity index (χ2v) is 2.33. The average Bonchev–Trinajstić information content (AvgIpc) is 2.07. The van der Waals surface area contributed by atoms with E-state index in [1.165, 1.54) is 6.26 Å². The quantitative estimate of drug-likeness (QED) is 0.498. The summed E-state index contributed by atoms with van der Waals surface area (Å²) in [5, 5.41) is 0. The van der Waals surface area contributed by atoms with Crippen LogP contribution in [0.3, 0.4) is 0 Å². The highest BCUT2D eigenvalue weighted by Gasteiger charge is 1.90. The Labute approximate surface area is 71.3 Å². The number of hydrogen-bond donors (Lipinski definition) is 0. The molecule has 0 N–H and O–H groups in total. The van der Waals surface area contributed by atoms with Gasteiger partial charge in [0.25, 0.3) is 0 Å². The lowest BCUT2D eigenvalue weighted by Gasteiger charge is -1.99. The van der Waals surface area contributed by atoms with Crippen molar-refractivity contribution in [2.24, 2.45) is 0 Å².